The lowest BCUT2D eigenvalue weighted by Gasteiger charge is -2.33. The number of anilines is 1. The average molecular weight is 324 g/mol. The van der Waals surface area contributed by atoms with Crippen molar-refractivity contribution in [3.63, 3.8) is 0 Å². The molecule has 0 spiro atoms. The van der Waals surface area contributed by atoms with Crippen molar-refractivity contribution in [2.75, 3.05) is 5.32 Å². The summed E-state index contributed by atoms with van der Waals surface area (Å²) in [5.41, 5.74) is 1.18. The van der Waals surface area contributed by atoms with Crippen LogP contribution in [-0.2, 0) is 0 Å². The topological polar surface area (TPSA) is 70.0 Å². The van der Waals surface area contributed by atoms with Crippen LogP contribution in [0.1, 0.15) is 40.1 Å². The van der Waals surface area contributed by atoms with Crippen LogP contribution in [0.3, 0.4) is 0 Å². The number of carbonyl (C=O) groups excluding carboxylic acids is 1. The number of aryl methyl sites for hydroxylation is 1. The van der Waals surface area contributed by atoms with Crippen LogP contribution in [0.2, 0.25) is 0 Å². The number of aromatic carboxylic acids is 1. The van der Waals surface area contributed by atoms with Gasteiger partial charge in [0.25, 0.3) is 0 Å². The summed E-state index contributed by atoms with van der Waals surface area (Å²) in [6.07, 6.45) is -4.80. The maximum atomic E-state index is 13.3. The fourth-order valence-electron chi connectivity index (χ4n) is 2.69. The van der Waals surface area contributed by atoms with Gasteiger partial charge in [0.2, 0.25) is 0 Å². The molecule has 1 aliphatic heterocycles. The Morgan fingerprint density at radius 1 is 1.35 bits per heavy atom. The van der Waals surface area contributed by atoms with Crippen LogP contribution < -0.4 is 10.4 Å². The zero-order chi connectivity index (χ0) is 16.8. The second-order valence-corrected chi connectivity index (χ2v) is 5.55. The van der Waals surface area contributed by atoms with E-state index in [4.69, 9.17) is 0 Å². The summed E-state index contributed by atoms with van der Waals surface area (Å²) >= 11 is 0. The van der Waals surface area contributed by atoms with Crippen molar-refractivity contribution in [3.05, 3.63) is 47.2 Å². The molecule has 122 valence electrons. The Labute approximate surface area is 129 Å². The van der Waals surface area contributed by atoms with E-state index in [1.807, 2.05) is 19.1 Å². The first kappa shape index (κ1) is 15.4. The lowest BCUT2D eigenvalue weighted by Crippen LogP contribution is -2.35. The van der Waals surface area contributed by atoms with Crippen LogP contribution in [0, 0.1) is 6.92 Å². The largest absolute Gasteiger partial charge is 0.543 e. The maximum Gasteiger partial charge on any atom is 0.410 e. The number of carbonyl (C=O) groups is 1. The SMILES string of the molecule is Cc1ccc([C@@H]2C[C@H](C(F)(F)F)n3nc(C(=O)[O-])cc3N2)cc1. The van der Waals surface area contributed by atoms with E-state index in [-0.39, 0.29) is 12.2 Å². The molecule has 0 radical (unpaired) electrons. The molecule has 0 aliphatic carbocycles. The molecule has 2 heterocycles. The Hall–Kier alpha value is -2.51. The van der Waals surface area contributed by atoms with E-state index in [0.29, 0.717) is 10.2 Å². The molecule has 8 heteroatoms. The number of halogens is 3. The van der Waals surface area contributed by atoms with E-state index < -0.39 is 29.9 Å². The monoisotopic (exact) mass is 324 g/mol. The average Bonchev–Trinajstić information content (AvgIpc) is 2.90. The van der Waals surface area contributed by atoms with E-state index in [1.54, 1.807) is 12.1 Å². The number of fused-ring (bicyclic) bond motifs is 1. The molecule has 1 aromatic heterocycles. The predicted molar refractivity (Wildman–Crippen MR) is 73.8 cm³/mol. The minimum atomic E-state index is -4.53. The number of nitrogens with one attached hydrogen (secondary N) is 1. The molecule has 0 unspecified atom stereocenters. The first-order valence-electron chi connectivity index (χ1n) is 6.96. The third-order valence-corrected chi connectivity index (χ3v) is 3.88. The van der Waals surface area contributed by atoms with Gasteiger partial charge in [0.05, 0.1) is 12.0 Å². The quantitative estimate of drug-likeness (QED) is 0.919. The van der Waals surface area contributed by atoms with Crippen LogP contribution in [0.25, 0.3) is 0 Å². The summed E-state index contributed by atoms with van der Waals surface area (Å²) in [4.78, 5) is 10.9. The van der Waals surface area contributed by atoms with Crippen LogP contribution in [-0.4, -0.2) is 21.9 Å². The van der Waals surface area contributed by atoms with Crippen molar-refractivity contribution >= 4 is 11.8 Å². The highest BCUT2D eigenvalue weighted by Crippen LogP contribution is 2.43. The number of carboxylic acids is 1. The summed E-state index contributed by atoms with van der Waals surface area (Å²) in [6, 6.07) is 5.74. The molecule has 23 heavy (non-hydrogen) atoms. The summed E-state index contributed by atoms with van der Waals surface area (Å²) in [6.45, 7) is 1.89. The Morgan fingerprint density at radius 3 is 2.57 bits per heavy atom. The van der Waals surface area contributed by atoms with Gasteiger partial charge in [-0.2, -0.15) is 18.3 Å². The van der Waals surface area contributed by atoms with E-state index in [0.717, 1.165) is 11.6 Å². The van der Waals surface area contributed by atoms with Crippen LogP contribution >= 0.6 is 0 Å². The first-order valence-corrected chi connectivity index (χ1v) is 6.96. The second kappa shape index (κ2) is 5.29. The highest BCUT2D eigenvalue weighted by atomic mass is 19.4. The Bertz CT molecular complexity index is 737. The fourth-order valence-corrected chi connectivity index (χ4v) is 2.69. The minimum Gasteiger partial charge on any atom is -0.543 e. The summed E-state index contributed by atoms with van der Waals surface area (Å²) in [7, 11) is 0. The Kier molecular flexibility index (Phi) is 3.54. The smallest absolute Gasteiger partial charge is 0.410 e. The van der Waals surface area contributed by atoms with Crippen LogP contribution in [0.5, 0.6) is 0 Å². The third kappa shape index (κ3) is 2.88. The van der Waals surface area contributed by atoms with Gasteiger partial charge in [-0.25, -0.2) is 4.68 Å². The zero-order valence-corrected chi connectivity index (χ0v) is 12.1. The Morgan fingerprint density at radius 2 is 2.00 bits per heavy atom. The number of alkyl halides is 3. The summed E-state index contributed by atoms with van der Waals surface area (Å²) < 4.78 is 40.7. The Balaban J connectivity index is 2.01. The molecule has 1 N–H and O–H groups in total. The van der Waals surface area contributed by atoms with E-state index >= 15 is 0 Å². The van der Waals surface area contributed by atoms with Crippen molar-refractivity contribution in [2.45, 2.75) is 31.6 Å². The van der Waals surface area contributed by atoms with Crippen molar-refractivity contribution in [2.24, 2.45) is 0 Å². The van der Waals surface area contributed by atoms with Gasteiger partial charge in [0.15, 0.2) is 6.04 Å². The highest BCUT2D eigenvalue weighted by molar-refractivity contribution is 5.84. The van der Waals surface area contributed by atoms with Gasteiger partial charge in [-0.15, -0.1) is 0 Å². The molecular weight excluding hydrogens is 311 g/mol. The van der Waals surface area contributed by atoms with Gasteiger partial charge in [-0.05, 0) is 12.5 Å². The van der Waals surface area contributed by atoms with Gasteiger partial charge in [0.1, 0.15) is 11.5 Å². The number of benzene rings is 1. The van der Waals surface area contributed by atoms with Gasteiger partial charge in [0, 0.05) is 12.5 Å². The number of carboxylic acid groups (broad SMARTS) is 1. The number of hydrogen-bond acceptors (Lipinski definition) is 4. The number of aromatic nitrogens is 2. The van der Waals surface area contributed by atoms with Gasteiger partial charge in [-0.1, -0.05) is 29.8 Å². The molecule has 1 aliphatic rings. The van der Waals surface area contributed by atoms with E-state index in [9.17, 15) is 23.1 Å². The predicted octanol–water partition coefficient (Wildman–Crippen LogP) is 2.22. The number of nitrogens with zero attached hydrogens (tertiary/aromatic N) is 2. The van der Waals surface area contributed by atoms with E-state index in [1.165, 1.54) is 0 Å². The van der Waals surface area contributed by atoms with Gasteiger partial charge >= 0.3 is 6.18 Å². The lowest BCUT2D eigenvalue weighted by atomic mass is 9.96. The van der Waals surface area contributed by atoms with Crippen molar-refractivity contribution < 1.29 is 23.1 Å². The summed E-state index contributed by atoms with van der Waals surface area (Å²) in [5, 5.41) is 17.3. The zero-order valence-electron chi connectivity index (χ0n) is 12.1. The van der Waals surface area contributed by atoms with Crippen molar-refractivity contribution in [1.82, 2.24) is 9.78 Å². The molecule has 3 rings (SSSR count). The maximum absolute atomic E-state index is 13.3. The van der Waals surface area contributed by atoms with E-state index in [2.05, 4.69) is 10.4 Å². The molecular formula is C15H13F3N3O2-. The molecule has 0 saturated heterocycles. The molecule has 2 atom stereocenters. The minimum absolute atomic E-state index is 0.0170. The van der Waals surface area contributed by atoms with Crippen LogP contribution in [0.15, 0.2) is 30.3 Å². The van der Waals surface area contributed by atoms with Gasteiger partial charge in [-0.3, -0.25) is 0 Å². The molecule has 0 bridgehead atoms. The highest BCUT2D eigenvalue weighted by Gasteiger charge is 2.46. The lowest BCUT2D eigenvalue weighted by molar-refractivity contribution is -0.255. The molecule has 0 fully saturated rings. The fraction of sp³-hybridized carbons (Fsp3) is 0.333. The molecule has 0 saturated carbocycles. The molecule has 2 aromatic rings. The number of hydrogen-bond donors (Lipinski definition) is 1. The third-order valence-electron chi connectivity index (χ3n) is 3.88. The standard InChI is InChI=1S/C15H14F3N3O2/c1-8-2-4-9(5-3-8)10-6-12(15(16,17)18)21-13(19-10)7-11(20-21)14(22)23/h2-5,7,10,12,19H,6H2,1H3,(H,22,23)/p-1/t10-,12+/m0/s1. The summed E-state index contributed by atoms with van der Waals surface area (Å²) in [5.74, 6) is -1.59. The number of rotatable bonds is 2. The molecule has 5 nitrogen and oxygen atoms in total. The van der Waals surface area contributed by atoms with Crippen LogP contribution in [0.4, 0.5) is 19.0 Å². The van der Waals surface area contributed by atoms with Gasteiger partial charge < -0.3 is 15.2 Å². The second-order valence-electron chi connectivity index (χ2n) is 5.55. The molecule has 1 aromatic carbocycles. The van der Waals surface area contributed by atoms with Crippen molar-refractivity contribution in [1.29, 1.82) is 0 Å². The molecule has 0 amide bonds. The van der Waals surface area contributed by atoms with Crippen molar-refractivity contribution in [3.8, 4) is 0 Å². The first-order chi connectivity index (χ1) is 10.8. The normalized spacial score (nSPS) is 20.7.